The van der Waals surface area contributed by atoms with Gasteiger partial charge in [-0.15, -0.1) is 0 Å². The summed E-state index contributed by atoms with van der Waals surface area (Å²) in [5.41, 5.74) is 4.42. The summed E-state index contributed by atoms with van der Waals surface area (Å²) in [6, 6.07) is 8.03. The van der Waals surface area contributed by atoms with Crippen molar-refractivity contribution >= 4 is 45.8 Å². The van der Waals surface area contributed by atoms with Crippen LogP contribution in [0.25, 0.3) is 11.1 Å². The predicted octanol–water partition coefficient (Wildman–Crippen LogP) is 3.22. The van der Waals surface area contributed by atoms with Crippen LogP contribution < -0.4 is 30.7 Å². The van der Waals surface area contributed by atoms with Crippen LogP contribution in [0.3, 0.4) is 0 Å². The zero-order chi connectivity index (χ0) is 29.6. The van der Waals surface area contributed by atoms with E-state index in [0.29, 0.717) is 22.2 Å². The molecule has 2 aliphatic heterocycles. The number of amides is 2. The number of anilines is 3. The monoisotopic (exact) mass is 543 g/mol. The van der Waals surface area contributed by atoms with Gasteiger partial charge >= 0.3 is 0 Å². The highest BCUT2D eigenvalue weighted by molar-refractivity contribution is 6.52. The number of rotatable bonds is 3. The van der Waals surface area contributed by atoms with Gasteiger partial charge in [0.2, 0.25) is 23.0 Å². The molecule has 2 atom stereocenters. The molecule has 8 heteroatoms. The molecular weight excluding hydrogens is 504 g/mol. The van der Waals surface area contributed by atoms with Crippen LogP contribution in [0.1, 0.15) is 72.1 Å². The highest BCUT2D eigenvalue weighted by Gasteiger charge is 2.45. The van der Waals surface area contributed by atoms with E-state index in [9.17, 15) is 19.5 Å². The molecule has 2 amide bonds. The Bertz CT molecular complexity index is 1700. The topological polar surface area (TPSA) is 102 Å². The Morgan fingerprint density at radius 3 is 2.08 bits per heavy atom. The van der Waals surface area contributed by atoms with Crippen LogP contribution in [-0.4, -0.2) is 48.9 Å². The normalized spacial score (nSPS) is 23.6. The van der Waals surface area contributed by atoms with Crippen LogP contribution in [0.15, 0.2) is 30.0 Å². The Morgan fingerprint density at radius 2 is 1.50 bits per heavy atom. The Morgan fingerprint density at radius 1 is 0.900 bits per heavy atom. The van der Waals surface area contributed by atoms with E-state index in [1.54, 1.807) is 0 Å². The summed E-state index contributed by atoms with van der Waals surface area (Å²) < 4.78 is 2.17. The number of fused-ring (bicyclic) bond motifs is 2. The van der Waals surface area contributed by atoms with Crippen molar-refractivity contribution < 1.29 is 19.5 Å². The Kier molecular flexibility index (Phi) is 6.06. The molecule has 0 saturated carbocycles. The first-order chi connectivity index (χ1) is 18.5. The van der Waals surface area contributed by atoms with Crippen LogP contribution in [0, 0.1) is 0 Å². The lowest BCUT2D eigenvalue weighted by atomic mass is 9.76. The van der Waals surface area contributed by atoms with Gasteiger partial charge in [0, 0.05) is 60.5 Å². The number of carbonyl (C=O) groups is 3. The molecule has 0 spiro atoms. The maximum Gasteiger partial charge on any atom is 0.221 e. The first kappa shape index (κ1) is 27.6. The molecule has 0 bridgehead atoms. The van der Waals surface area contributed by atoms with Crippen LogP contribution in [0.2, 0.25) is 0 Å². The summed E-state index contributed by atoms with van der Waals surface area (Å²) in [5.74, 6) is -1.00. The fourth-order valence-corrected chi connectivity index (χ4v) is 6.53. The van der Waals surface area contributed by atoms with E-state index in [-0.39, 0.29) is 57.4 Å². The number of carbonyl (C=O) groups excluding carboxylic acids is 3. The van der Waals surface area contributed by atoms with Gasteiger partial charge in [0.15, 0.2) is 6.04 Å². The average Bonchev–Trinajstić information content (AvgIpc) is 3.13. The third-order valence-corrected chi connectivity index (χ3v) is 9.76. The number of nitrogens with one attached hydrogen (secondary N) is 2. The highest BCUT2D eigenvalue weighted by atomic mass is 16.3. The molecule has 3 aliphatic rings. The standard InChI is InChI=1S/C32H38N4O4/c1-15-31(5,6)21-11-19(23(33-17(3)37)13-25(21)35(15)9)27-29(39)28(30(27)40)20-12-22-26(14-24(20)34-18(4)38)36(10)16(2)32(22,7)8/h11-16H,1-10H3,(H2,33,34,37,38,39,40)/p+1. The predicted molar refractivity (Wildman–Crippen MR) is 159 cm³/mol. The van der Waals surface area contributed by atoms with Crippen LogP contribution in [0.4, 0.5) is 17.1 Å². The molecule has 5 rings (SSSR count). The van der Waals surface area contributed by atoms with Crippen molar-refractivity contribution in [1.82, 2.24) is 4.58 Å². The molecule has 8 nitrogen and oxygen atoms in total. The molecule has 2 aromatic carbocycles. The Labute approximate surface area is 235 Å². The Hall–Kier alpha value is -3.94. The highest BCUT2D eigenvalue weighted by Crippen LogP contribution is 2.49. The average molecular weight is 544 g/mol. The van der Waals surface area contributed by atoms with Crippen molar-refractivity contribution in [3.8, 4) is 0 Å². The fourth-order valence-electron chi connectivity index (χ4n) is 6.53. The number of Topliss-reactive ketones (excluding diaryl/α,β-unsaturated/α-hetero) is 1. The molecule has 0 radical (unpaired) electrons. The second-order valence-corrected chi connectivity index (χ2v) is 12.6. The van der Waals surface area contributed by atoms with Gasteiger partial charge in [-0.25, -0.2) is 4.58 Å². The number of allylic oxidation sites excluding steroid dienone is 2. The third kappa shape index (κ3) is 3.72. The number of hydrogen-bond acceptors (Lipinski definition) is 5. The maximum atomic E-state index is 13.9. The summed E-state index contributed by atoms with van der Waals surface area (Å²) in [4.78, 5) is 40.4. The van der Waals surface area contributed by atoms with Crippen LogP contribution in [0.5, 0.6) is 0 Å². The Balaban J connectivity index is 1.79. The van der Waals surface area contributed by atoms with Crippen molar-refractivity contribution in [2.75, 3.05) is 29.6 Å². The third-order valence-electron chi connectivity index (χ3n) is 9.76. The summed E-state index contributed by atoms with van der Waals surface area (Å²) in [6.45, 7) is 15.7. The molecule has 0 saturated heterocycles. The van der Waals surface area contributed by atoms with Gasteiger partial charge in [0.1, 0.15) is 12.8 Å². The van der Waals surface area contributed by atoms with Gasteiger partial charge in [0.05, 0.1) is 27.9 Å². The number of aliphatic hydroxyl groups is 1. The zero-order valence-corrected chi connectivity index (χ0v) is 25.0. The van der Waals surface area contributed by atoms with Gasteiger partial charge in [0.25, 0.3) is 0 Å². The molecule has 2 aromatic rings. The van der Waals surface area contributed by atoms with E-state index in [0.717, 1.165) is 22.2 Å². The molecule has 40 heavy (non-hydrogen) atoms. The lowest BCUT2D eigenvalue weighted by Crippen LogP contribution is -2.36. The van der Waals surface area contributed by atoms with Gasteiger partial charge < -0.3 is 20.6 Å². The van der Waals surface area contributed by atoms with E-state index in [2.05, 4.69) is 61.7 Å². The molecule has 210 valence electrons. The van der Waals surface area contributed by atoms with Crippen molar-refractivity contribution in [2.24, 2.45) is 0 Å². The number of ketones is 1. The number of benzene rings is 2. The summed E-state index contributed by atoms with van der Waals surface area (Å²) in [7, 11) is 4.04. The second-order valence-electron chi connectivity index (χ2n) is 12.6. The number of nitrogens with zero attached hydrogens (tertiary/aromatic N) is 2. The maximum absolute atomic E-state index is 13.9. The molecule has 3 N–H and O–H groups in total. The van der Waals surface area contributed by atoms with E-state index in [1.807, 2.05) is 38.4 Å². The molecule has 0 aromatic heterocycles. The number of likely N-dealkylation sites (N-methyl/N-ethyl adjacent to an activating group) is 2. The van der Waals surface area contributed by atoms with Crippen LogP contribution >= 0.6 is 0 Å². The van der Waals surface area contributed by atoms with Gasteiger partial charge in [-0.2, -0.15) is 0 Å². The van der Waals surface area contributed by atoms with E-state index in [4.69, 9.17) is 0 Å². The SMILES string of the molecule is CC(=O)Nc1cc2c(cc1C1=C(O)/C(=c3\cc4c(cc3NC(C)=O)=[N+](C)C(C)C4(C)C)C1=O)C(C)(C)C(C)N2C. The van der Waals surface area contributed by atoms with Gasteiger partial charge in [-0.05, 0) is 51.5 Å². The molecule has 1 aliphatic carbocycles. The lowest BCUT2D eigenvalue weighted by Gasteiger charge is -2.28. The summed E-state index contributed by atoms with van der Waals surface area (Å²) >= 11 is 0. The van der Waals surface area contributed by atoms with Crippen molar-refractivity contribution in [2.45, 2.75) is 78.3 Å². The number of hydrogen-bond donors (Lipinski definition) is 3. The van der Waals surface area contributed by atoms with Crippen LogP contribution in [-0.2, 0) is 25.2 Å². The lowest BCUT2D eigenvalue weighted by molar-refractivity contribution is -0.115. The smallest absolute Gasteiger partial charge is 0.221 e. The van der Waals surface area contributed by atoms with E-state index in [1.165, 1.54) is 13.8 Å². The van der Waals surface area contributed by atoms with E-state index < -0.39 is 0 Å². The zero-order valence-electron chi connectivity index (χ0n) is 25.0. The molecule has 0 fully saturated rings. The number of aliphatic hydroxyl groups excluding tert-OH is 1. The quantitative estimate of drug-likeness (QED) is 0.516. The minimum absolute atomic E-state index is 0.141. The largest absolute Gasteiger partial charge is 0.506 e. The van der Waals surface area contributed by atoms with Crippen molar-refractivity contribution in [3.05, 3.63) is 57.3 Å². The van der Waals surface area contributed by atoms with Gasteiger partial charge in [-0.1, -0.05) is 13.8 Å². The van der Waals surface area contributed by atoms with Crippen molar-refractivity contribution in [1.29, 1.82) is 0 Å². The fraction of sp³-hybridized carbons (Fsp3) is 0.438. The minimum Gasteiger partial charge on any atom is -0.506 e. The first-order valence-electron chi connectivity index (χ1n) is 13.7. The van der Waals surface area contributed by atoms with E-state index >= 15 is 0 Å². The molecule has 2 unspecified atom stereocenters. The summed E-state index contributed by atoms with van der Waals surface area (Å²) in [6.07, 6.45) is 0. The minimum atomic E-state index is -0.329. The summed E-state index contributed by atoms with van der Waals surface area (Å²) in [5, 5.41) is 18.7. The second kappa shape index (κ2) is 8.78. The molecular formula is C32H39N4O4+. The first-order valence-corrected chi connectivity index (χ1v) is 13.7. The van der Waals surface area contributed by atoms with Crippen molar-refractivity contribution in [3.63, 3.8) is 0 Å². The van der Waals surface area contributed by atoms with Gasteiger partial charge in [-0.3, -0.25) is 14.4 Å². The molecule has 2 heterocycles.